The number of nitrogens with zero attached hydrogens (tertiary/aromatic N) is 3. The lowest BCUT2D eigenvalue weighted by molar-refractivity contribution is -0.128. The molecule has 0 bridgehead atoms. The highest BCUT2D eigenvalue weighted by molar-refractivity contribution is 6.05. The zero-order chi connectivity index (χ0) is 13.1. The third kappa shape index (κ3) is 2.36. The molecule has 1 aliphatic rings. The Bertz CT molecular complexity index is 482. The standard InChI is InChI=1S/C8H10N6O4/c1-18-7-11-6(12-13-7)10-4(15)3-14-5(16)2-9-8(14)17/h2-3H2,1H3,(H,9,17)(H2,10,11,12,13,15). The average Bonchev–Trinajstić information content (AvgIpc) is 2.91. The van der Waals surface area contributed by atoms with Gasteiger partial charge < -0.3 is 10.1 Å². The molecule has 0 aliphatic carbocycles. The number of methoxy groups -OCH3 is 1. The minimum atomic E-state index is -0.592. The summed E-state index contributed by atoms with van der Waals surface area (Å²) in [6.07, 6.45) is 0. The predicted octanol–water partition coefficient (Wildman–Crippen LogP) is -1.70. The van der Waals surface area contributed by atoms with Gasteiger partial charge in [-0.05, 0) is 0 Å². The van der Waals surface area contributed by atoms with Gasteiger partial charge in [-0.25, -0.2) is 9.89 Å². The highest BCUT2D eigenvalue weighted by atomic mass is 16.5. The summed E-state index contributed by atoms with van der Waals surface area (Å²) in [5.41, 5.74) is 0. The van der Waals surface area contributed by atoms with Crippen molar-refractivity contribution in [2.24, 2.45) is 0 Å². The number of ether oxygens (including phenoxy) is 1. The van der Waals surface area contributed by atoms with Crippen LogP contribution in [0.3, 0.4) is 0 Å². The van der Waals surface area contributed by atoms with Crippen molar-refractivity contribution in [1.82, 2.24) is 25.4 Å². The molecule has 4 amide bonds. The van der Waals surface area contributed by atoms with Crippen molar-refractivity contribution in [3.8, 4) is 6.01 Å². The summed E-state index contributed by atoms with van der Waals surface area (Å²) in [5, 5.41) is 10.7. The van der Waals surface area contributed by atoms with E-state index in [2.05, 4.69) is 25.8 Å². The zero-order valence-electron chi connectivity index (χ0n) is 9.39. The summed E-state index contributed by atoms with van der Waals surface area (Å²) >= 11 is 0. The molecule has 0 radical (unpaired) electrons. The molecule has 1 aromatic rings. The number of aromatic nitrogens is 3. The van der Waals surface area contributed by atoms with Gasteiger partial charge in [0.15, 0.2) is 0 Å². The molecule has 0 spiro atoms. The summed E-state index contributed by atoms with van der Waals surface area (Å²) in [7, 11) is 1.38. The number of carbonyl (C=O) groups is 3. The van der Waals surface area contributed by atoms with Gasteiger partial charge in [0.1, 0.15) is 6.54 Å². The first-order valence-electron chi connectivity index (χ1n) is 4.94. The van der Waals surface area contributed by atoms with E-state index in [4.69, 9.17) is 4.74 Å². The van der Waals surface area contributed by atoms with Gasteiger partial charge in [-0.2, -0.15) is 4.98 Å². The van der Waals surface area contributed by atoms with E-state index in [-0.39, 0.29) is 25.0 Å². The Morgan fingerprint density at radius 1 is 1.56 bits per heavy atom. The van der Waals surface area contributed by atoms with E-state index >= 15 is 0 Å². The lowest BCUT2D eigenvalue weighted by atomic mass is 10.5. The van der Waals surface area contributed by atoms with E-state index in [1.54, 1.807) is 0 Å². The molecule has 2 rings (SSSR count). The topological polar surface area (TPSA) is 129 Å². The van der Waals surface area contributed by atoms with Gasteiger partial charge in [-0.1, -0.05) is 0 Å². The van der Waals surface area contributed by atoms with Crippen LogP contribution in [-0.4, -0.2) is 58.1 Å². The molecule has 10 heteroatoms. The van der Waals surface area contributed by atoms with E-state index in [1.807, 2.05) is 0 Å². The lowest BCUT2D eigenvalue weighted by Gasteiger charge is -2.10. The van der Waals surface area contributed by atoms with Crippen LogP contribution in [0.2, 0.25) is 0 Å². The van der Waals surface area contributed by atoms with Gasteiger partial charge in [0.2, 0.25) is 11.9 Å². The molecule has 0 atom stereocenters. The maximum Gasteiger partial charge on any atom is 0.336 e. The molecule has 0 saturated carbocycles. The molecule has 1 aliphatic heterocycles. The molecule has 2 heterocycles. The van der Waals surface area contributed by atoms with E-state index in [0.717, 1.165) is 4.90 Å². The van der Waals surface area contributed by atoms with Crippen LogP contribution in [-0.2, 0) is 9.59 Å². The van der Waals surface area contributed by atoms with E-state index in [9.17, 15) is 14.4 Å². The van der Waals surface area contributed by atoms with Crippen LogP contribution < -0.4 is 15.4 Å². The van der Waals surface area contributed by atoms with Crippen LogP contribution in [0.15, 0.2) is 0 Å². The van der Waals surface area contributed by atoms with Gasteiger partial charge in [0, 0.05) is 0 Å². The van der Waals surface area contributed by atoms with Crippen molar-refractivity contribution in [3.05, 3.63) is 0 Å². The fourth-order valence-corrected chi connectivity index (χ4v) is 1.32. The highest BCUT2D eigenvalue weighted by Crippen LogP contribution is 2.05. The van der Waals surface area contributed by atoms with E-state index in [1.165, 1.54) is 7.11 Å². The fourth-order valence-electron chi connectivity index (χ4n) is 1.32. The Labute approximate surface area is 101 Å². The molecule has 18 heavy (non-hydrogen) atoms. The van der Waals surface area contributed by atoms with Crippen LogP contribution in [0.25, 0.3) is 0 Å². The van der Waals surface area contributed by atoms with Crippen molar-refractivity contribution >= 4 is 23.8 Å². The summed E-state index contributed by atoms with van der Waals surface area (Å²) < 4.78 is 4.71. The largest absolute Gasteiger partial charge is 0.466 e. The van der Waals surface area contributed by atoms with Gasteiger partial charge in [-0.15, -0.1) is 5.10 Å². The number of nitrogens with one attached hydrogen (secondary N) is 3. The van der Waals surface area contributed by atoms with Crippen molar-refractivity contribution in [1.29, 1.82) is 0 Å². The maximum absolute atomic E-state index is 11.5. The Balaban J connectivity index is 1.92. The van der Waals surface area contributed by atoms with Crippen molar-refractivity contribution < 1.29 is 19.1 Å². The molecule has 1 fully saturated rings. The van der Waals surface area contributed by atoms with E-state index in [0.29, 0.717) is 0 Å². The van der Waals surface area contributed by atoms with Gasteiger partial charge in [0.25, 0.3) is 5.91 Å². The second-order valence-corrected chi connectivity index (χ2v) is 3.36. The monoisotopic (exact) mass is 254 g/mol. The van der Waals surface area contributed by atoms with Crippen LogP contribution in [0, 0.1) is 0 Å². The molecular formula is C8H10N6O4. The quantitative estimate of drug-likeness (QED) is 0.549. The second kappa shape index (κ2) is 4.69. The van der Waals surface area contributed by atoms with Crippen molar-refractivity contribution in [2.45, 2.75) is 0 Å². The Morgan fingerprint density at radius 2 is 2.33 bits per heavy atom. The first-order chi connectivity index (χ1) is 8.60. The van der Waals surface area contributed by atoms with Gasteiger partial charge in [0.05, 0.1) is 13.7 Å². The number of hydrogen-bond donors (Lipinski definition) is 3. The molecule has 96 valence electrons. The third-order valence-electron chi connectivity index (χ3n) is 2.14. The minimum absolute atomic E-state index is 0.0697. The molecular weight excluding hydrogens is 244 g/mol. The Morgan fingerprint density at radius 3 is 2.89 bits per heavy atom. The van der Waals surface area contributed by atoms with Gasteiger partial charge in [-0.3, -0.25) is 19.8 Å². The van der Waals surface area contributed by atoms with Crippen molar-refractivity contribution in [3.63, 3.8) is 0 Å². The van der Waals surface area contributed by atoms with E-state index < -0.39 is 17.8 Å². The molecule has 0 aromatic carbocycles. The Kier molecular flexibility index (Phi) is 3.08. The molecule has 0 unspecified atom stereocenters. The number of anilines is 1. The highest BCUT2D eigenvalue weighted by Gasteiger charge is 2.30. The fraction of sp³-hybridized carbons (Fsp3) is 0.375. The van der Waals surface area contributed by atoms with Crippen LogP contribution in [0.4, 0.5) is 10.7 Å². The normalized spacial score (nSPS) is 14.6. The van der Waals surface area contributed by atoms with Crippen LogP contribution in [0.1, 0.15) is 0 Å². The third-order valence-corrected chi connectivity index (χ3v) is 2.14. The van der Waals surface area contributed by atoms with Crippen molar-refractivity contribution in [2.75, 3.05) is 25.5 Å². The first kappa shape index (κ1) is 11.8. The number of hydrogen-bond acceptors (Lipinski definition) is 6. The minimum Gasteiger partial charge on any atom is -0.466 e. The van der Waals surface area contributed by atoms with Gasteiger partial charge >= 0.3 is 12.0 Å². The number of imide groups is 1. The SMILES string of the molecule is COc1n[nH]c(NC(=O)CN2C(=O)CNC2=O)n1. The first-order valence-corrected chi connectivity index (χ1v) is 4.94. The number of carbonyl (C=O) groups excluding carboxylic acids is 3. The lowest BCUT2D eigenvalue weighted by Crippen LogP contribution is -2.38. The maximum atomic E-state index is 11.5. The molecule has 3 N–H and O–H groups in total. The molecule has 1 aromatic heterocycles. The summed E-state index contributed by atoms with van der Waals surface area (Å²) in [6.45, 7) is -0.476. The predicted molar refractivity (Wildman–Crippen MR) is 56.7 cm³/mol. The average molecular weight is 254 g/mol. The molecule has 1 saturated heterocycles. The summed E-state index contributed by atoms with van der Waals surface area (Å²) in [4.78, 5) is 38.5. The number of amides is 4. The number of urea groups is 1. The smallest absolute Gasteiger partial charge is 0.336 e. The Hall–Kier alpha value is -2.65. The zero-order valence-corrected chi connectivity index (χ0v) is 9.39. The number of rotatable bonds is 4. The number of H-pyrrole nitrogens is 1. The summed E-state index contributed by atoms with van der Waals surface area (Å²) in [6, 6.07) is -0.523. The van der Waals surface area contributed by atoms with Crippen LogP contribution >= 0.6 is 0 Å². The molecule has 10 nitrogen and oxygen atoms in total. The number of aromatic amines is 1. The second-order valence-electron chi connectivity index (χ2n) is 3.36. The summed E-state index contributed by atoms with van der Waals surface area (Å²) in [5.74, 6) is -0.951. The van der Waals surface area contributed by atoms with Crippen LogP contribution in [0.5, 0.6) is 6.01 Å².